The molecule has 0 aliphatic rings. The summed E-state index contributed by atoms with van der Waals surface area (Å²) in [6, 6.07) is -0.243. The Morgan fingerprint density at radius 2 is 2.26 bits per heavy atom. The number of rotatable bonds is 5. The molecule has 1 heterocycles. The third-order valence-corrected chi connectivity index (χ3v) is 2.96. The summed E-state index contributed by atoms with van der Waals surface area (Å²) in [5.41, 5.74) is -0.182. The molecule has 0 aromatic carbocycles. The first-order valence-corrected chi connectivity index (χ1v) is 5.70. The molecule has 0 radical (unpaired) electrons. The minimum Gasteiger partial charge on any atom is -0.503 e. The number of nitrogens with zero attached hydrogens (tertiary/aromatic N) is 1. The summed E-state index contributed by atoms with van der Waals surface area (Å²) in [4.78, 5) is 22.5. The molecule has 0 fully saturated rings. The molecule has 2 atom stereocenters. The van der Waals surface area contributed by atoms with Crippen LogP contribution in [0.15, 0.2) is 17.1 Å². The minimum atomic E-state index is -1.06. The number of carboxylic acids is 1. The van der Waals surface area contributed by atoms with Crippen molar-refractivity contribution in [1.29, 1.82) is 0 Å². The van der Waals surface area contributed by atoms with Crippen molar-refractivity contribution < 1.29 is 15.0 Å². The van der Waals surface area contributed by atoms with Crippen molar-refractivity contribution in [3.05, 3.63) is 28.2 Å². The van der Waals surface area contributed by atoms with Gasteiger partial charge in [0, 0.05) is 12.3 Å². The lowest BCUT2D eigenvalue weighted by Gasteiger charge is -2.25. The van der Waals surface area contributed by atoms with Crippen molar-refractivity contribution in [3.8, 4) is 18.1 Å². The average Bonchev–Trinajstić information content (AvgIpc) is 2.36. The number of aromatic hydroxyl groups is 1. The lowest BCUT2D eigenvalue weighted by molar-refractivity contribution is -0.140. The standard InChI is InChI=1S/C13H16N2O4/c1-4-6-14-11(13(18)19)8(2)15-7-5-10(16)12(17)9(15)3/h1,5,7-8,11,14,17H,6H2,2-3H3,(H,18,19)/t8?,11-/m1/s1. The van der Waals surface area contributed by atoms with Crippen molar-refractivity contribution in [2.75, 3.05) is 6.54 Å². The van der Waals surface area contributed by atoms with Crippen molar-refractivity contribution in [3.63, 3.8) is 0 Å². The molecule has 1 aromatic heterocycles. The van der Waals surface area contributed by atoms with Crippen molar-refractivity contribution >= 4 is 5.97 Å². The van der Waals surface area contributed by atoms with Crippen LogP contribution in [0.3, 0.4) is 0 Å². The second-order valence-electron chi connectivity index (χ2n) is 4.16. The van der Waals surface area contributed by atoms with E-state index in [0.717, 1.165) is 0 Å². The SMILES string of the molecule is C#CCN[C@@H](C(=O)O)C(C)n1ccc(=O)c(O)c1C. The van der Waals surface area contributed by atoms with Crippen molar-refractivity contribution in [2.24, 2.45) is 0 Å². The Hall–Kier alpha value is -2.26. The van der Waals surface area contributed by atoms with E-state index in [1.807, 2.05) is 0 Å². The molecule has 0 aliphatic carbocycles. The van der Waals surface area contributed by atoms with Gasteiger partial charge < -0.3 is 14.8 Å². The lowest BCUT2D eigenvalue weighted by Crippen LogP contribution is -2.43. The van der Waals surface area contributed by atoms with E-state index < -0.39 is 23.5 Å². The molecule has 0 aliphatic heterocycles. The first-order valence-electron chi connectivity index (χ1n) is 5.70. The van der Waals surface area contributed by atoms with Gasteiger partial charge in [0.05, 0.1) is 18.3 Å². The van der Waals surface area contributed by atoms with Gasteiger partial charge in [-0.15, -0.1) is 6.42 Å². The molecule has 19 heavy (non-hydrogen) atoms. The van der Waals surface area contributed by atoms with E-state index in [4.69, 9.17) is 6.42 Å². The van der Waals surface area contributed by atoms with E-state index >= 15 is 0 Å². The van der Waals surface area contributed by atoms with Crippen LogP contribution >= 0.6 is 0 Å². The number of nitrogens with one attached hydrogen (secondary N) is 1. The van der Waals surface area contributed by atoms with Crippen LogP contribution in [0.2, 0.25) is 0 Å². The molecule has 0 saturated carbocycles. The van der Waals surface area contributed by atoms with Gasteiger partial charge in [-0.05, 0) is 13.8 Å². The molecule has 0 amide bonds. The summed E-state index contributed by atoms with van der Waals surface area (Å²) in [6.45, 7) is 3.33. The highest BCUT2D eigenvalue weighted by Gasteiger charge is 2.26. The van der Waals surface area contributed by atoms with Crippen molar-refractivity contribution in [2.45, 2.75) is 25.9 Å². The summed E-state index contributed by atoms with van der Waals surface area (Å²) >= 11 is 0. The fourth-order valence-corrected chi connectivity index (χ4v) is 1.87. The Bertz CT molecular complexity index is 571. The fraction of sp³-hybridized carbons (Fsp3) is 0.385. The van der Waals surface area contributed by atoms with Gasteiger partial charge in [0.15, 0.2) is 5.75 Å². The van der Waals surface area contributed by atoms with E-state index in [1.54, 1.807) is 13.8 Å². The van der Waals surface area contributed by atoms with Gasteiger partial charge in [-0.3, -0.25) is 14.9 Å². The van der Waals surface area contributed by atoms with Gasteiger partial charge in [-0.25, -0.2) is 0 Å². The Morgan fingerprint density at radius 3 is 2.79 bits per heavy atom. The predicted octanol–water partition coefficient (Wildman–Crippen LogP) is 0.0993. The molecule has 6 heteroatoms. The molecular formula is C13H16N2O4. The highest BCUT2D eigenvalue weighted by Crippen LogP contribution is 2.18. The van der Waals surface area contributed by atoms with E-state index in [-0.39, 0.29) is 12.3 Å². The summed E-state index contributed by atoms with van der Waals surface area (Å²) in [5.74, 6) is 0.877. The van der Waals surface area contributed by atoms with Crippen LogP contribution < -0.4 is 10.7 Å². The van der Waals surface area contributed by atoms with Crippen LogP contribution in [-0.4, -0.2) is 33.3 Å². The van der Waals surface area contributed by atoms with Gasteiger partial charge in [0.25, 0.3) is 0 Å². The molecule has 102 valence electrons. The normalized spacial score (nSPS) is 13.5. The second-order valence-corrected chi connectivity index (χ2v) is 4.16. The molecule has 3 N–H and O–H groups in total. The number of terminal acetylenes is 1. The zero-order valence-corrected chi connectivity index (χ0v) is 10.8. The highest BCUT2D eigenvalue weighted by atomic mass is 16.4. The summed E-state index contributed by atoms with van der Waals surface area (Å²) < 4.78 is 1.53. The number of aliphatic carboxylic acids is 1. The maximum Gasteiger partial charge on any atom is 0.322 e. The maximum absolute atomic E-state index is 11.3. The van der Waals surface area contributed by atoms with E-state index in [9.17, 15) is 19.8 Å². The van der Waals surface area contributed by atoms with Crippen LogP contribution in [0.1, 0.15) is 18.7 Å². The zero-order valence-electron chi connectivity index (χ0n) is 10.8. The summed E-state index contributed by atoms with van der Waals surface area (Å²) in [6.07, 6.45) is 6.55. The molecule has 1 aromatic rings. The predicted molar refractivity (Wildman–Crippen MR) is 70.1 cm³/mol. The second kappa shape index (κ2) is 6.07. The van der Waals surface area contributed by atoms with Crippen LogP contribution in [0, 0.1) is 19.3 Å². The van der Waals surface area contributed by atoms with Crippen LogP contribution in [0.5, 0.6) is 5.75 Å². The Balaban J connectivity index is 3.13. The number of hydrogen-bond acceptors (Lipinski definition) is 4. The molecule has 6 nitrogen and oxygen atoms in total. The van der Waals surface area contributed by atoms with Crippen LogP contribution in [-0.2, 0) is 4.79 Å². The first-order chi connectivity index (χ1) is 8.90. The van der Waals surface area contributed by atoms with E-state index in [1.165, 1.54) is 16.8 Å². The maximum atomic E-state index is 11.3. The number of hydrogen-bond donors (Lipinski definition) is 3. The Morgan fingerprint density at radius 1 is 1.63 bits per heavy atom. The zero-order chi connectivity index (χ0) is 14.6. The van der Waals surface area contributed by atoms with Gasteiger partial charge in [-0.1, -0.05) is 5.92 Å². The topological polar surface area (TPSA) is 91.6 Å². The monoisotopic (exact) mass is 264 g/mol. The Labute approximate surface area is 110 Å². The van der Waals surface area contributed by atoms with Crippen LogP contribution in [0.25, 0.3) is 0 Å². The van der Waals surface area contributed by atoms with Gasteiger partial charge in [0.2, 0.25) is 5.43 Å². The third-order valence-electron chi connectivity index (χ3n) is 2.96. The third kappa shape index (κ3) is 3.14. The quantitative estimate of drug-likeness (QED) is 0.656. The number of aromatic nitrogens is 1. The number of carboxylic acid groups (broad SMARTS) is 1. The first kappa shape index (κ1) is 14.8. The molecule has 0 bridgehead atoms. The van der Waals surface area contributed by atoms with E-state index in [0.29, 0.717) is 5.69 Å². The van der Waals surface area contributed by atoms with Crippen LogP contribution in [0.4, 0.5) is 0 Å². The largest absolute Gasteiger partial charge is 0.503 e. The summed E-state index contributed by atoms with van der Waals surface area (Å²) in [5, 5.41) is 21.5. The molecule has 1 unspecified atom stereocenters. The molecule has 0 saturated heterocycles. The van der Waals surface area contributed by atoms with Gasteiger partial charge in [0.1, 0.15) is 6.04 Å². The fourth-order valence-electron chi connectivity index (χ4n) is 1.87. The molecule has 1 rings (SSSR count). The average molecular weight is 264 g/mol. The van der Waals surface area contributed by atoms with E-state index in [2.05, 4.69) is 11.2 Å². The minimum absolute atomic E-state index is 0.118. The summed E-state index contributed by atoms with van der Waals surface area (Å²) in [7, 11) is 0. The van der Waals surface area contributed by atoms with Gasteiger partial charge in [-0.2, -0.15) is 0 Å². The Kier molecular flexibility index (Phi) is 4.73. The number of carbonyl (C=O) groups is 1. The number of pyridine rings is 1. The molecular weight excluding hydrogens is 248 g/mol. The lowest BCUT2D eigenvalue weighted by atomic mass is 10.1. The van der Waals surface area contributed by atoms with Crippen molar-refractivity contribution in [1.82, 2.24) is 9.88 Å². The molecule has 0 spiro atoms. The smallest absolute Gasteiger partial charge is 0.322 e. The highest BCUT2D eigenvalue weighted by molar-refractivity contribution is 5.74. The van der Waals surface area contributed by atoms with Gasteiger partial charge >= 0.3 is 5.97 Å².